The molecule has 0 aliphatic heterocycles. The minimum absolute atomic E-state index is 1.07. The number of halogens is 2. The normalized spacial score (nSPS) is 13.5. The van der Waals surface area contributed by atoms with Gasteiger partial charge in [-0.1, -0.05) is 22.0 Å². The lowest BCUT2D eigenvalue weighted by Gasteiger charge is -1.91. The second-order valence-electron chi connectivity index (χ2n) is 0.169. The average molecular weight is 317 g/mol. The molecule has 0 bridgehead atoms. The van der Waals surface area contributed by atoms with Gasteiger partial charge < -0.3 is 28.0 Å². The molecule has 0 nitrogen and oxygen atoms in total. The summed E-state index contributed by atoms with van der Waals surface area (Å²) in [5, 5.41) is 0. The Hall–Kier alpha value is 2.32. The Morgan fingerprint density at radius 3 is 2.00 bits per heavy atom. The molecule has 0 fully saturated rings. The predicted molar refractivity (Wildman–Crippen MR) is 43.3 cm³/mol. The largest absolute Gasteiger partial charge is 0.425 e. The molecule has 0 saturated carbocycles. The molecule has 0 saturated heterocycles. The monoisotopic (exact) mass is 317 g/mol. The van der Waals surface area contributed by atoms with Crippen LogP contribution in [0.25, 0.3) is 0 Å². The van der Waals surface area contributed by atoms with Crippen LogP contribution in [0.3, 0.4) is 0 Å². The van der Waals surface area contributed by atoms with Crippen molar-refractivity contribution in [1.82, 2.24) is 0 Å². The lowest BCUT2D eigenvalue weighted by Crippen LogP contribution is -0.749. The molecule has 4 heteroatoms. The van der Waals surface area contributed by atoms with Gasteiger partial charge >= 0.3 is 0 Å². The van der Waals surface area contributed by atoms with E-state index in [2.05, 4.69) is 44.1 Å². The Labute approximate surface area is 55.3 Å². The van der Waals surface area contributed by atoms with Gasteiger partial charge in [-0.15, -0.1) is 0 Å². The summed E-state index contributed by atoms with van der Waals surface area (Å²) in [4.78, 5) is 0. The topological polar surface area (TPSA) is 0 Å². The highest BCUT2D eigenvalue weighted by atomic mass is 127. The standard InChI is InChI=1S/HI2P2/c1-3-4-2/h3H/q-1. The highest BCUT2D eigenvalue weighted by Gasteiger charge is 1.35. The van der Waals surface area contributed by atoms with Gasteiger partial charge in [0.15, 0.2) is 0 Å². The molecule has 0 aromatic rings. The molecule has 0 aliphatic carbocycles. The van der Waals surface area contributed by atoms with E-state index in [4.69, 9.17) is 0 Å². The zero-order chi connectivity index (χ0) is 3.41. The van der Waals surface area contributed by atoms with Crippen molar-refractivity contribution in [3.63, 3.8) is 0 Å². The summed E-state index contributed by atoms with van der Waals surface area (Å²) in [6, 6.07) is 0. The molecule has 0 amide bonds. The molecule has 0 aromatic heterocycles. The summed E-state index contributed by atoms with van der Waals surface area (Å²) in [5.74, 6) is 2.55. The Morgan fingerprint density at radius 2 is 2.00 bits per heavy atom. The van der Waals surface area contributed by atoms with Gasteiger partial charge in [0, 0.05) is 0 Å². The molecule has 1 unspecified atom stereocenters. The van der Waals surface area contributed by atoms with Crippen molar-refractivity contribution in [3.8, 4) is 0 Å². The third-order valence-corrected chi connectivity index (χ3v) is 12.9. The van der Waals surface area contributed by atoms with Crippen LogP contribution in [0, 0.1) is 0 Å². The van der Waals surface area contributed by atoms with E-state index in [1.807, 2.05) is 0 Å². The molecule has 26 valence electrons. The van der Waals surface area contributed by atoms with E-state index in [1.165, 1.54) is 5.91 Å². The SMILES string of the molecule is I[P-]PI. The van der Waals surface area contributed by atoms with Crippen LogP contribution in [0.2, 0.25) is 0 Å². The molecule has 0 N–H and O–H groups in total. The van der Waals surface area contributed by atoms with Gasteiger partial charge in [-0.3, -0.25) is 0 Å². The van der Waals surface area contributed by atoms with Crippen LogP contribution in [0.4, 0.5) is 0 Å². The smallest absolute Gasteiger partial charge is 0.0919 e. The molecule has 1 atom stereocenters. The summed E-state index contributed by atoms with van der Waals surface area (Å²) < 4.78 is 0. The highest BCUT2D eigenvalue weighted by Crippen LogP contribution is 2.49. The van der Waals surface area contributed by atoms with E-state index >= 15 is 0 Å². The van der Waals surface area contributed by atoms with Crippen molar-refractivity contribution in [3.05, 3.63) is 0 Å². The first-order valence-electron chi connectivity index (χ1n) is 0.582. The van der Waals surface area contributed by atoms with Crippen LogP contribution >= 0.6 is 55.9 Å². The van der Waals surface area contributed by atoms with Crippen LogP contribution < -0.4 is 0 Å². The van der Waals surface area contributed by atoms with E-state index in [0.29, 0.717) is 0 Å². The van der Waals surface area contributed by atoms with Gasteiger partial charge in [-0.05, 0) is 0 Å². The Morgan fingerprint density at radius 1 is 1.75 bits per heavy atom. The first kappa shape index (κ1) is 6.32. The van der Waals surface area contributed by atoms with Crippen molar-refractivity contribution in [1.29, 1.82) is 0 Å². The Balaban J connectivity index is 1.97. The fraction of sp³-hybridized carbons (Fsp3) is 0. The van der Waals surface area contributed by atoms with E-state index < -0.39 is 0 Å². The molecule has 0 aromatic carbocycles. The third-order valence-electron chi connectivity index (χ3n) is 0.0319. The van der Waals surface area contributed by atoms with E-state index in [1.54, 1.807) is 0 Å². The molecule has 0 heterocycles. The second kappa shape index (κ2) is 5.32. The van der Waals surface area contributed by atoms with Gasteiger partial charge in [-0.2, -0.15) is 0 Å². The van der Waals surface area contributed by atoms with Crippen molar-refractivity contribution in [2.24, 2.45) is 0 Å². The van der Waals surface area contributed by atoms with Crippen molar-refractivity contribution >= 4 is 55.9 Å². The van der Waals surface area contributed by atoms with Gasteiger partial charge in [0.2, 0.25) is 0 Å². The zero-order valence-electron chi connectivity index (χ0n) is 1.70. The molecule has 0 aliphatic rings. The summed E-state index contributed by atoms with van der Waals surface area (Å²) >= 11 is 4.69. The molecular formula is HI2P2-. The zero-order valence-corrected chi connectivity index (χ0v) is 7.91. The summed E-state index contributed by atoms with van der Waals surface area (Å²) in [7, 11) is 0. The van der Waals surface area contributed by atoms with Crippen LogP contribution in [-0.4, -0.2) is 0 Å². The summed E-state index contributed by atoms with van der Waals surface area (Å²) in [6.07, 6.45) is 0. The van der Waals surface area contributed by atoms with Crippen LogP contribution in [0.5, 0.6) is 0 Å². The first-order chi connectivity index (χ1) is 1.91. The fourth-order valence-corrected chi connectivity index (χ4v) is 0. The van der Waals surface area contributed by atoms with Crippen molar-refractivity contribution in [2.45, 2.75) is 0 Å². The third kappa shape index (κ3) is 4.32. The van der Waals surface area contributed by atoms with Gasteiger partial charge in [0.05, 0.1) is 0 Å². The maximum absolute atomic E-state index is 2.36. The molecule has 0 rings (SSSR count). The maximum Gasteiger partial charge on any atom is -0.0919 e. The average Bonchev–Trinajstić information content (AvgIpc) is 1.37. The molecular weight excluding hydrogens is 316 g/mol. The molecule has 4 heavy (non-hydrogen) atoms. The van der Waals surface area contributed by atoms with E-state index in [9.17, 15) is 0 Å². The Bertz CT molecular complexity index is 6.00. The first-order valence-corrected chi connectivity index (χ1v) is 9.22. The number of hydrogen-bond acceptors (Lipinski definition) is 0. The second-order valence-corrected chi connectivity index (χ2v) is 10.2. The lowest BCUT2D eigenvalue weighted by molar-refractivity contribution is 5.80. The lowest BCUT2D eigenvalue weighted by atomic mass is 30.0. The van der Waals surface area contributed by atoms with Gasteiger partial charge in [0.25, 0.3) is 0 Å². The predicted octanol–water partition coefficient (Wildman–Crippen LogP) is 3.23. The fourth-order valence-electron chi connectivity index (χ4n) is 0. The van der Waals surface area contributed by atoms with E-state index in [0.717, 1.165) is 5.91 Å². The molecule has 0 spiro atoms. The maximum atomic E-state index is 2.36. The summed E-state index contributed by atoms with van der Waals surface area (Å²) in [6.45, 7) is 0. The van der Waals surface area contributed by atoms with E-state index in [-0.39, 0.29) is 0 Å². The number of hydrogen-bond donors (Lipinski definition) is 0. The minimum Gasteiger partial charge on any atom is -0.425 e. The van der Waals surface area contributed by atoms with Crippen molar-refractivity contribution < 1.29 is 0 Å². The van der Waals surface area contributed by atoms with Crippen molar-refractivity contribution in [2.75, 3.05) is 0 Å². The Kier molecular flexibility index (Phi) is 8.41. The van der Waals surface area contributed by atoms with Crippen LogP contribution in [0.1, 0.15) is 0 Å². The quantitative estimate of drug-likeness (QED) is 0.515. The summed E-state index contributed by atoms with van der Waals surface area (Å²) in [5.41, 5.74) is 0. The van der Waals surface area contributed by atoms with Crippen LogP contribution in [0.15, 0.2) is 0 Å². The van der Waals surface area contributed by atoms with Gasteiger partial charge in [0.1, 0.15) is 0 Å². The number of rotatable bonds is 1. The van der Waals surface area contributed by atoms with Crippen LogP contribution in [-0.2, 0) is 0 Å². The van der Waals surface area contributed by atoms with Gasteiger partial charge in [-0.25, -0.2) is 5.91 Å². The highest BCUT2D eigenvalue weighted by molar-refractivity contribution is 14.2. The minimum atomic E-state index is 1.07. The molecule has 0 radical (unpaired) electrons.